The third-order valence-corrected chi connectivity index (χ3v) is 3.12. The van der Waals surface area contributed by atoms with Gasteiger partial charge in [-0.3, -0.25) is 0 Å². The highest BCUT2D eigenvalue weighted by Gasteiger charge is 2.09. The zero-order valence-electron chi connectivity index (χ0n) is 11.9. The number of methoxy groups -OCH3 is 1. The minimum absolute atomic E-state index is 0.110. The summed E-state index contributed by atoms with van der Waals surface area (Å²) in [5, 5.41) is 0. The van der Waals surface area contributed by atoms with Crippen LogP contribution < -0.4 is 10.5 Å². The Balaban J connectivity index is 2.34. The molecule has 19 heavy (non-hydrogen) atoms. The largest absolute Gasteiger partial charge is 0.496 e. The number of aromatic amines is 1. The maximum absolute atomic E-state index is 5.78. The van der Waals surface area contributed by atoms with Crippen LogP contribution in [0.15, 0.2) is 18.3 Å². The molecule has 0 amide bonds. The normalized spacial score (nSPS) is 12.5. The SMILES string of the molecule is COc1c(C)cc(-c2cnc(CC(C)N)[nH]2)cc1C. The Morgan fingerprint density at radius 2 is 1.95 bits per heavy atom. The number of nitrogens with zero attached hydrogens (tertiary/aromatic N) is 1. The fourth-order valence-electron chi connectivity index (χ4n) is 2.35. The van der Waals surface area contributed by atoms with Gasteiger partial charge in [-0.25, -0.2) is 4.98 Å². The van der Waals surface area contributed by atoms with E-state index in [1.807, 2.05) is 13.1 Å². The van der Waals surface area contributed by atoms with E-state index in [0.717, 1.165) is 40.4 Å². The molecule has 1 heterocycles. The van der Waals surface area contributed by atoms with Crippen LogP contribution in [0.25, 0.3) is 11.3 Å². The lowest BCUT2D eigenvalue weighted by atomic mass is 10.0. The van der Waals surface area contributed by atoms with Crippen molar-refractivity contribution >= 4 is 0 Å². The van der Waals surface area contributed by atoms with E-state index >= 15 is 0 Å². The third-order valence-electron chi connectivity index (χ3n) is 3.12. The van der Waals surface area contributed by atoms with E-state index in [2.05, 4.69) is 35.9 Å². The van der Waals surface area contributed by atoms with Crippen LogP contribution in [-0.4, -0.2) is 23.1 Å². The molecular formula is C15H21N3O. The van der Waals surface area contributed by atoms with Crippen LogP contribution in [0.5, 0.6) is 5.75 Å². The second-order valence-corrected chi connectivity index (χ2v) is 5.07. The van der Waals surface area contributed by atoms with Gasteiger partial charge in [-0.05, 0) is 44.0 Å². The van der Waals surface area contributed by atoms with E-state index in [9.17, 15) is 0 Å². The van der Waals surface area contributed by atoms with Gasteiger partial charge in [0, 0.05) is 18.0 Å². The van der Waals surface area contributed by atoms with Gasteiger partial charge >= 0.3 is 0 Å². The van der Waals surface area contributed by atoms with Gasteiger partial charge < -0.3 is 15.5 Å². The first-order chi connectivity index (χ1) is 9.01. The average molecular weight is 259 g/mol. The monoisotopic (exact) mass is 259 g/mol. The van der Waals surface area contributed by atoms with Crippen molar-refractivity contribution in [3.63, 3.8) is 0 Å². The van der Waals surface area contributed by atoms with Crippen molar-refractivity contribution in [3.05, 3.63) is 35.3 Å². The summed E-state index contributed by atoms with van der Waals surface area (Å²) in [7, 11) is 1.70. The van der Waals surface area contributed by atoms with E-state index in [-0.39, 0.29) is 6.04 Å². The predicted molar refractivity (Wildman–Crippen MR) is 77.4 cm³/mol. The summed E-state index contributed by atoms with van der Waals surface area (Å²) >= 11 is 0. The maximum Gasteiger partial charge on any atom is 0.124 e. The molecule has 0 fully saturated rings. The summed E-state index contributed by atoms with van der Waals surface area (Å²) in [5.41, 5.74) is 10.2. The number of hydrogen-bond acceptors (Lipinski definition) is 3. The van der Waals surface area contributed by atoms with Crippen molar-refractivity contribution in [2.45, 2.75) is 33.2 Å². The first-order valence-corrected chi connectivity index (χ1v) is 6.46. The number of rotatable bonds is 4. The molecule has 2 aromatic rings. The van der Waals surface area contributed by atoms with Crippen LogP contribution in [0.1, 0.15) is 23.9 Å². The quantitative estimate of drug-likeness (QED) is 0.887. The van der Waals surface area contributed by atoms with E-state index in [1.165, 1.54) is 0 Å². The number of H-pyrrole nitrogens is 1. The molecule has 1 unspecified atom stereocenters. The van der Waals surface area contributed by atoms with E-state index in [4.69, 9.17) is 10.5 Å². The molecule has 0 radical (unpaired) electrons. The van der Waals surface area contributed by atoms with E-state index in [1.54, 1.807) is 7.11 Å². The minimum Gasteiger partial charge on any atom is -0.496 e. The third kappa shape index (κ3) is 2.96. The zero-order valence-corrected chi connectivity index (χ0v) is 11.9. The molecule has 4 heteroatoms. The fourth-order valence-corrected chi connectivity index (χ4v) is 2.35. The lowest BCUT2D eigenvalue weighted by Crippen LogP contribution is -2.18. The number of imidazole rings is 1. The molecule has 0 bridgehead atoms. The standard InChI is InChI=1S/C15H21N3O/c1-9-5-12(6-10(2)15(9)19-4)13-8-17-14(18-13)7-11(3)16/h5-6,8,11H,7,16H2,1-4H3,(H,17,18). The zero-order chi connectivity index (χ0) is 14.0. The van der Waals surface area contributed by atoms with Crippen molar-refractivity contribution in [1.82, 2.24) is 9.97 Å². The van der Waals surface area contributed by atoms with Gasteiger partial charge in [0.1, 0.15) is 11.6 Å². The molecule has 1 atom stereocenters. The number of ether oxygens (including phenoxy) is 1. The van der Waals surface area contributed by atoms with Crippen LogP contribution in [0.3, 0.4) is 0 Å². The molecule has 1 aromatic carbocycles. The summed E-state index contributed by atoms with van der Waals surface area (Å²) in [4.78, 5) is 7.69. The van der Waals surface area contributed by atoms with Crippen LogP contribution in [0.2, 0.25) is 0 Å². The molecule has 0 aliphatic rings. The molecule has 0 saturated carbocycles. The Morgan fingerprint density at radius 1 is 1.32 bits per heavy atom. The second-order valence-electron chi connectivity index (χ2n) is 5.07. The van der Waals surface area contributed by atoms with Gasteiger partial charge in [-0.15, -0.1) is 0 Å². The van der Waals surface area contributed by atoms with Gasteiger partial charge in [0.15, 0.2) is 0 Å². The van der Waals surface area contributed by atoms with Crippen molar-refractivity contribution in [1.29, 1.82) is 0 Å². The smallest absolute Gasteiger partial charge is 0.124 e. The van der Waals surface area contributed by atoms with Gasteiger partial charge in [-0.1, -0.05) is 0 Å². The predicted octanol–water partition coefficient (Wildman–Crippen LogP) is 2.59. The highest BCUT2D eigenvalue weighted by molar-refractivity contribution is 5.63. The van der Waals surface area contributed by atoms with Crippen molar-refractivity contribution in [3.8, 4) is 17.0 Å². The molecule has 1 aromatic heterocycles. The summed E-state index contributed by atoms with van der Waals surface area (Å²) in [6.07, 6.45) is 2.62. The number of aromatic nitrogens is 2. The van der Waals surface area contributed by atoms with E-state index in [0.29, 0.717) is 0 Å². The van der Waals surface area contributed by atoms with Crippen molar-refractivity contribution < 1.29 is 4.74 Å². The van der Waals surface area contributed by atoms with Crippen LogP contribution in [0.4, 0.5) is 0 Å². The Kier molecular flexibility index (Phi) is 3.90. The first-order valence-electron chi connectivity index (χ1n) is 6.46. The van der Waals surface area contributed by atoms with E-state index < -0.39 is 0 Å². The van der Waals surface area contributed by atoms with Gasteiger partial charge in [-0.2, -0.15) is 0 Å². The molecule has 2 rings (SSSR count). The summed E-state index contributed by atoms with van der Waals surface area (Å²) < 4.78 is 5.38. The van der Waals surface area contributed by atoms with Gasteiger partial charge in [0.25, 0.3) is 0 Å². The minimum atomic E-state index is 0.110. The van der Waals surface area contributed by atoms with Crippen molar-refractivity contribution in [2.75, 3.05) is 7.11 Å². The molecular weight excluding hydrogens is 238 g/mol. The number of hydrogen-bond donors (Lipinski definition) is 2. The topological polar surface area (TPSA) is 63.9 Å². The lowest BCUT2D eigenvalue weighted by Gasteiger charge is -2.10. The molecule has 3 N–H and O–H groups in total. The van der Waals surface area contributed by atoms with Crippen LogP contribution in [-0.2, 0) is 6.42 Å². The molecule has 0 aliphatic heterocycles. The highest BCUT2D eigenvalue weighted by atomic mass is 16.5. The lowest BCUT2D eigenvalue weighted by molar-refractivity contribution is 0.408. The number of benzene rings is 1. The Morgan fingerprint density at radius 3 is 2.47 bits per heavy atom. The first kappa shape index (κ1) is 13.6. The highest BCUT2D eigenvalue weighted by Crippen LogP contribution is 2.29. The summed E-state index contributed by atoms with van der Waals surface area (Å²) in [6.45, 7) is 6.08. The van der Waals surface area contributed by atoms with Crippen molar-refractivity contribution in [2.24, 2.45) is 5.73 Å². The average Bonchev–Trinajstić information content (AvgIpc) is 2.76. The Labute approximate surface area is 114 Å². The van der Waals surface area contributed by atoms with Crippen LogP contribution in [0, 0.1) is 13.8 Å². The fraction of sp³-hybridized carbons (Fsp3) is 0.400. The summed E-state index contributed by atoms with van der Waals surface area (Å²) in [5.74, 6) is 1.87. The second kappa shape index (κ2) is 5.45. The summed E-state index contributed by atoms with van der Waals surface area (Å²) in [6, 6.07) is 4.32. The Hall–Kier alpha value is -1.81. The molecule has 0 saturated heterocycles. The molecule has 0 spiro atoms. The number of nitrogens with two attached hydrogens (primary N) is 1. The molecule has 4 nitrogen and oxygen atoms in total. The molecule has 102 valence electrons. The van der Waals surface area contributed by atoms with Gasteiger partial charge in [0.05, 0.1) is 19.0 Å². The van der Waals surface area contributed by atoms with Crippen LogP contribution >= 0.6 is 0 Å². The van der Waals surface area contributed by atoms with Gasteiger partial charge in [0.2, 0.25) is 0 Å². The maximum atomic E-state index is 5.78. The number of nitrogens with one attached hydrogen (secondary N) is 1. The number of aryl methyl sites for hydroxylation is 2. The molecule has 0 aliphatic carbocycles. The Bertz CT molecular complexity index is 550.